The molecule has 3 aromatic rings. The van der Waals surface area contributed by atoms with Crippen LogP contribution < -0.4 is 10.2 Å². The van der Waals surface area contributed by atoms with Crippen LogP contribution >= 0.6 is 23.2 Å². The van der Waals surface area contributed by atoms with E-state index in [2.05, 4.69) is 17.1 Å². The van der Waals surface area contributed by atoms with Gasteiger partial charge < -0.3 is 15.1 Å². The van der Waals surface area contributed by atoms with Gasteiger partial charge in [0.05, 0.1) is 24.0 Å². The lowest BCUT2D eigenvalue weighted by molar-refractivity contribution is -0.135. The van der Waals surface area contributed by atoms with E-state index in [4.69, 9.17) is 38.3 Å². The first kappa shape index (κ1) is 23.3. The number of carbonyl (C=O) groups excluding carboxylic acids is 1. The van der Waals surface area contributed by atoms with E-state index in [0.717, 1.165) is 47.6 Å². The van der Waals surface area contributed by atoms with Gasteiger partial charge in [-0.25, -0.2) is 14.6 Å². The van der Waals surface area contributed by atoms with Crippen molar-refractivity contribution in [3.8, 4) is 0 Å². The van der Waals surface area contributed by atoms with Crippen molar-refractivity contribution >= 4 is 46.1 Å². The SMILES string of the molecule is Cc1nn(C(C)c2ccc(Cl)cc2Cl)c2nc(N3CCN(C(=O)C4CCCN4)[C@H](C)C3)cnc12. The number of halogens is 2. The molecule has 0 radical (unpaired) electrons. The number of anilines is 1. The highest BCUT2D eigenvalue weighted by Gasteiger charge is 2.33. The van der Waals surface area contributed by atoms with Crippen molar-refractivity contribution in [1.29, 1.82) is 0 Å². The predicted molar refractivity (Wildman–Crippen MR) is 135 cm³/mol. The zero-order valence-electron chi connectivity index (χ0n) is 19.6. The van der Waals surface area contributed by atoms with Gasteiger partial charge in [0.1, 0.15) is 11.3 Å². The summed E-state index contributed by atoms with van der Waals surface area (Å²) in [6.45, 7) is 9.11. The molecule has 3 atom stereocenters. The number of fused-ring (bicyclic) bond motifs is 1. The van der Waals surface area contributed by atoms with Crippen LogP contribution in [0, 0.1) is 6.92 Å². The van der Waals surface area contributed by atoms with E-state index in [1.165, 1.54) is 0 Å². The van der Waals surface area contributed by atoms with Gasteiger partial charge in [0, 0.05) is 35.7 Å². The smallest absolute Gasteiger partial charge is 0.240 e. The van der Waals surface area contributed by atoms with Crippen LogP contribution in [-0.4, -0.2) is 68.8 Å². The summed E-state index contributed by atoms with van der Waals surface area (Å²) < 4.78 is 1.88. The molecular weight excluding hydrogens is 473 g/mol. The number of aromatic nitrogens is 4. The highest BCUT2D eigenvalue weighted by atomic mass is 35.5. The number of nitrogens with one attached hydrogen (secondary N) is 1. The fraction of sp³-hybridized carbons (Fsp3) is 0.500. The van der Waals surface area contributed by atoms with Crippen molar-refractivity contribution < 1.29 is 4.79 Å². The molecule has 1 aromatic carbocycles. The van der Waals surface area contributed by atoms with Crippen LogP contribution in [0.2, 0.25) is 10.0 Å². The third kappa shape index (κ3) is 4.23. The maximum Gasteiger partial charge on any atom is 0.240 e. The maximum atomic E-state index is 12.9. The van der Waals surface area contributed by atoms with E-state index < -0.39 is 0 Å². The van der Waals surface area contributed by atoms with Crippen LogP contribution in [0.4, 0.5) is 5.82 Å². The van der Waals surface area contributed by atoms with Crippen molar-refractivity contribution in [2.24, 2.45) is 0 Å². The molecule has 4 heterocycles. The minimum Gasteiger partial charge on any atom is -0.351 e. The summed E-state index contributed by atoms with van der Waals surface area (Å²) in [5.41, 5.74) is 3.23. The Hall–Kier alpha value is -2.42. The van der Waals surface area contributed by atoms with Crippen LogP contribution in [0.3, 0.4) is 0 Å². The van der Waals surface area contributed by atoms with Crippen molar-refractivity contribution in [2.75, 3.05) is 31.1 Å². The largest absolute Gasteiger partial charge is 0.351 e. The molecule has 0 spiro atoms. The summed E-state index contributed by atoms with van der Waals surface area (Å²) >= 11 is 12.6. The Labute approximate surface area is 209 Å². The van der Waals surface area contributed by atoms with Gasteiger partial charge >= 0.3 is 0 Å². The Morgan fingerprint density at radius 2 is 2.09 bits per heavy atom. The van der Waals surface area contributed by atoms with E-state index in [1.54, 1.807) is 6.07 Å². The number of nitrogens with zero attached hydrogens (tertiary/aromatic N) is 6. The Bertz CT molecular complexity index is 1220. The number of rotatable bonds is 4. The number of hydrogen-bond donors (Lipinski definition) is 1. The Morgan fingerprint density at radius 1 is 1.26 bits per heavy atom. The van der Waals surface area contributed by atoms with Gasteiger partial charge in [-0.05, 0) is 57.9 Å². The Balaban J connectivity index is 1.40. The second kappa shape index (κ2) is 9.32. The fourth-order valence-corrected chi connectivity index (χ4v) is 5.59. The lowest BCUT2D eigenvalue weighted by Gasteiger charge is -2.41. The number of benzene rings is 1. The predicted octanol–water partition coefficient (Wildman–Crippen LogP) is 3.84. The van der Waals surface area contributed by atoms with E-state index in [-0.39, 0.29) is 24.0 Å². The molecule has 0 bridgehead atoms. The summed E-state index contributed by atoms with van der Waals surface area (Å²) in [5.74, 6) is 1.01. The lowest BCUT2D eigenvalue weighted by Crippen LogP contribution is -2.57. The molecule has 1 N–H and O–H groups in total. The van der Waals surface area contributed by atoms with Gasteiger partial charge in [0.15, 0.2) is 5.65 Å². The molecule has 0 saturated carbocycles. The quantitative estimate of drug-likeness (QED) is 0.584. The normalized spacial score (nSPS) is 21.9. The number of amides is 1. The highest BCUT2D eigenvalue weighted by Crippen LogP contribution is 2.31. The van der Waals surface area contributed by atoms with Crippen LogP contribution in [0.1, 0.15) is 44.0 Å². The van der Waals surface area contributed by atoms with E-state index in [1.807, 2.05) is 41.8 Å². The summed E-state index contributed by atoms with van der Waals surface area (Å²) in [4.78, 5) is 26.8. The van der Waals surface area contributed by atoms with Crippen molar-refractivity contribution in [1.82, 2.24) is 30.0 Å². The molecule has 0 aliphatic carbocycles. The molecule has 10 heteroatoms. The molecule has 2 aromatic heterocycles. The summed E-state index contributed by atoms with van der Waals surface area (Å²) in [7, 11) is 0. The van der Waals surface area contributed by atoms with Gasteiger partial charge in [-0.15, -0.1) is 0 Å². The maximum absolute atomic E-state index is 12.9. The number of aryl methyl sites for hydroxylation is 1. The molecule has 2 aliphatic rings. The molecular formula is C24H29Cl2N7O. The van der Waals surface area contributed by atoms with E-state index >= 15 is 0 Å². The molecule has 2 aliphatic heterocycles. The number of carbonyl (C=O) groups is 1. The van der Waals surface area contributed by atoms with Crippen LogP contribution in [0.5, 0.6) is 0 Å². The van der Waals surface area contributed by atoms with E-state index in [9.17, 15) is 4.79 Å². The van der Waals surface area contributed by atoms with Gasteiger partial charge in [-0.3, -0.25) is 4.79 Å². The standard InChI is InChI=1S/C24H29Cl2N7O/c1-14-13-31(9-10-32(14)24(34)20-5-4-8-27-20)21-12-28-22-15(2)30-33(23(22)29-21)16(3)18-7-6-17(25)11-19(18)26/h6-7,11-12,14,16,20,27H,4-5,8-10,13H2,1-3H3/t14-,16?,20?/m1/s1. The summed E-state index contributed by atoms with van der Waals surface area (Å²) in [6.07, 6.45) is 3.80. The Kier molecular flexibility index (Phi) is 6.39. The molecule has 2 fully saturated rings. The second-order valence-electron chi connectivity index (χ2n) is 9.25. The van der Waals surface area contributed by atoms with Gasteiger partial charge in [0.2, 0.25) is 5.91 Å². The zero-order valence-corrected chi connectivity index (χ0v) is 21.1. The first-order valence-electron chi connectivity index (χ1n) is 11.8. The number of piperazine rings is 1. The minimum absolute atomic E-state index is 0.0383. The van der Waals surface area contributed by atoms with Crippen LogP contribution in [0.15, 0.2) is 24.4 Å². The second-order valence-corrected chi connectivity index (χ2v) is 10.1. The fourth-order valence-electron chi connectivity index (χ4n) is 5.02. The molecule has 8 nitrogen and oxygen atoms in total. The van der Waals surface area contributed by atoms with Gasteiger partial charge in [0.25, 0.3) is 0 Å². The summed E-state index contributed by atoms with van der Waals surface area (Å²) in [5, 5.41) is 9.25. The highest BCUT2D eigenvalue weighted by molar-refractivity contribution is 6.35. The molecule has 5 rings (SSSR count). The summed E-state index contributed by atoms with van der Waals surface area (Å²) in [6, 6.07) is 5.42. The van der Waals surface area contributed by atoms with Gasteiger partial charge in [-0.1, -0.05) is 29.3 Å². The monoisotopic (exact) mass is 501 g/mol. The molecule has 1 amide bonds. The zero-order chi connectivity index (χ0) is 24.0. The third-order valence-corrected chi connectivity index (χ3v) is 7.49. The first-order valence-corrected chi connectivity index (χ1v) is 12.5. The van der Waals surface area contributed by atoms with Crippen LogP contribution in [0.25, 0.3) is 11.2 Å². The lowest BCUT2D eigenvalue weighted by atomic mass is 10.1. The first-order chi connectivity index (χ1) is 16.3. The molecule has 180 valence electrons. The number of hydrogen-bond acceptors (Lipinski definition) is 6. The molecule has 2 unspecified atom stereocenters. The van der Waals surface area contributed by atoms with Crippen molar-refractivity contribution in [3.63, 3.8) is 0 Å². The molecule has 2 saturated heterocycles. The topological polar surface area (TPSA) is 79.2 Å². The minimum atomic E-state index is -0.141. The van der Waals surface area contributed by atoms with Crippen molar-refractivity contribution in [3.05, 3.63) is 45.7 Å². The van der Waals surface area contributed by atoms with Crippen LogP contribution in [-0.2, 0) is 4.79 Å². The third-order valence-electron chi connectivity index (χ3n) is 6.93. The average Bonchev–Trinajstić information content (AvgIpc) is 3.46. The van der Waals surface area contributed by atoms with Crippen molar-refractivity contribution in [2.45, 2.75) is 51.7 Å². The van der Waals surface area contributed by atoms with E-state index in [0.29, 0.717) is 29.7 Å². The Morgan fingerprint density at radius 3 is 2.79 bits per heavy atom. The van der Waals surface area contributed by atoms with Gasteiger partial charge in [-0.2, -0.15) is 5.10 Å². The average molecular weight is 502 g/mol. The molecule has 34 heavy (non-hydrogen) atoms.